The average Bonchev–Trinajstić information content (AvgIpc) is 2.13. The molecule has 2 N–H and O–H groups in total. The highest BCUT2D eigenvalue weighted by Gasteiger charge is 2.40. The van der Waals surface area contributed by atoms with E-state index in [0.29, 0.717) is 19.4 Å². The Morgan fingerprint density at radius 1 is 1.38 bits per heavy atom. The van der Waals surface area contributed by atoms with Crippen molar-refractivity contribution >= 4 is 11.8 Å². The molecule has 0 aliphatic carbocycles. The molecule has 0 aromatic heterocycles. The quantitative estimate of drug-likeness (QED) is 0.694. The van der Waals surface area contributed by atoms with Crippen LogP contribution in [0.4, 0.5) is 0 Å². The molecule has 0 aromatic carbocycles. The molecule has 0 saturated carbocycles. The van der Waals surface area contributed by atoms with Gasteiger partial charge in [-0.25, -0.2) is 0 Å². The summed E-state index contributed by atoms with van der Waals surface area (Å²) in [5, 5.41) is 0. The summed E-state index contributed by atoms with van der Waals surface area (Å²) in [4.78, 5) is 25.1. The first kappa shape index (κ1) is 13.1. The highest BCUT2D eigenvalue weighted by atomic mass is 16.5. The van der Waals surface area contributed by atoms with Crippen LogP contribution in [0.5, 0.6) is 0 Å². The van der Waals surface area contributed by atoms with Gasteiger partial charge in [-0.2, -0.15) is 0 Å². The van der Waals surface area contributed by atoms with E-state index in [0.717, 1.165) is 0 Å². The summed E-state index contributed by atoms with van der Waals surface area (Å²) in [5.41, 5.74) is 5.32. The van der Waals surface area contributed by atoms with E-state index in [-0.39, 0.29) is 29.8 Å². The fourth-order valence-electron chi connectivity index (χ4n) is 2.04. The molecule has 5 heteroatoms. The minimum atomic E-state index is -0.332. The first-order chi connectivity index (χ1) is 7.41. The first-order valence-corrected chi connectivity index (χ1v) is 5.45. The fraction of sp³-hybridized carbons (Fsp3) is 0.818. The Balaban J connectivity index is 2.80. The molecule has 92 valence electrons. The molecule has 2 amide bonds. The van der Waals surface area contributed by atoms with Crippen LogP contribution in [0.2, 0.25) is 0 Å². The zero-order chi connectivity index (χ0) is 12.3. The Labute approximate surface area is 95.9 Å². The van der Waals surface area contributed by atoms with Crippen molar-refractivity contribution in [1.82, 2.24) is 4.90 Å². The van der Waals surface area contributed by atoms with Crippen molar-refractivity contribution in [3.05, 3.63) is 0 Å². The Morgan fingerprint density at radius 2 is 1.88 bits per heavy atom. The van der Waals surface area contributed by atoms with Crippen LogP contribution in [0.3, 0.4) is 0 Å². The summed E-state index contributed by atoms with van der Waals surface area (Å²) >= 11 is 0. The van der Waals surface area contributed by atoms with Gasteiger partial charge in [0.05, 0.1) is 12.6 Å². The molecular formula is C11H20N2O3. The molecule has 1 saturated heterocycles. The number of hydrogen-bond donors (Lipinski definition) is 1. The lowest BCUT2D eigenvalue weighted by Crippen LogP contribution is -2.55. The predicted molar refractivity (Wildman–Crippen MR) is 59.6 cm³/mol. The number of likely N-dealkylation sites (tertiary alicyclic amines) is 1. The molecule has 1 atom stereocenters. The van der Waals surface area contributed by atoms with Crippen LogP contribution in [0.25, 0.3) is 0 Å². The van der Waals surface area contributed by atoms with Gasteiger partial charge in [-0.3, -0.25) is 14.5 Å². The molecular weight excluding hydrogens is 208 g/mol. The van der Waals surface area contributed by atoms with Crippen LogP contribution in [0.15, 0.2) is 0 Å². The number of piperidine rings is 1. The van der Waals surface area contributed by atoms with Gasteiger partial charge in [0.1, 0.15) is 0 Å². The van der Waals surface area contributed by atoms with Crippen molar-refractivity contribution in [2.75, 3.05) is 20.3 Å². The van der Waals surface area contributed by atoms with E-state index in [9.17, 15) is 9.59 Å². The van der Waals surface area contributed by atoms with Crippen LogP contribution in [0.1, 0.15) is 26.7 Å². The molecule has 0 spiro atoms. The van der Waals surface area contributed by atoms with E-state index in [1.807, 2.05) is 13.8 Å². The van der Waals surface area contributed by atoms with Gasteiger partial charge in [-0.15, -0.1) is 0 Å². The van der Waals surface area contributed by atoms with E-state index in [2.05, 4.69) is 0 Å². The highest BCUT2D eigenvalue weighted by Crippen LogP contribution is 2.32. The monoisotopic (exact) mass is 228 g/mol. The smallest absolute Gasteiger partial charge is 0.230 e. The van der Waals surface area contributed by atoms with Gasteiger partial charge < -0.3 is 10.5 Å². The van der Waals surface area contributed by atoms with Crippen LogP contribution in [0, 0.1) is 5.41 Å². The summed E-state index contributed by atoms with van der Waals surface area (Å²) in [6, 6.07) is -0.332. The summed E-state index contributed by atoms with van der Waals surface area (Å²) in [5.74, 6) is -0.289. The topological polar surface area (TPSA) is 72.6 Å². The Bertz CT molecular complexity index is 269. The maximum atomic E-state index is 11.9. The molecule has 1 fully saturated rings. The number of methoxy groups -OCH3 is 1. The Kier molecular flexibility index (Phi) is 4.04. The van der Waals surface area contributed by atoms with Crippen LogP contribution >= 0.6 is 0 Å². The number of hydrogen-bond acceptors (Lipinski definition) is 4. The molecule has 1 rings (SSSR count). The summed E-state index contributed by atoms with van der Waals surface area (Å²) in [6.07, 6.45) is 0.776. The van der Waals surface area contributed by atoms with Gasteiger partial charge in [0.15, 0.2) is 0 Å². The Morgan fingerprint density at radius 3 is 2.25 bits per heavy atom. The van der Waals surface area contributed by atoms with Crippen molar-refractivity contribution < 1.29 is 14.3 Å². The molecule has 1 aliphatic rings. The van der Waals surface area contributed by atoms with Crippen molar-refractivity contribution in [3.63, 3.8) is 0 Å². The molecule has 0 bridgehead atoms. The lowest BCUT2D eigenvalue weighted by molar-refractivity contribution is -0.156. The molecule has 1 unspecified atom stereocenters. The number of ether oxygens (including phenoxy) is 1. The normalized spacial score (nSPS) is 22.4. The standard InChI is InChI=1S/C11H20N2O3/c1-11(2)4-9(14)13(10(15)5-11)8(6-12)7-16-3/h8H,4-7,12H2,1-3H3. The molecule has 1 aliphatic heterocycles. The molecule has 0 radical (unpaired) electrons. The van der Waals surface area contributed by atoms with Gasteiger partial charge >= 0.3 is 0 Å². The second-order valence-electron chi connectivity index (χ2n) is 5.02. The van der Waals surface area contributed by atoms with E-state index >= 15 is 0 Å². The van der Waals surface area contributed by atoms with Gasteiger partial charge in [-0.1, -0.05) is 13.8 Å². The summed E-state index contributed by atoms with van der Waals surface area (Å²) in [7, 11) is 1.53. The van der Waals surface area contributed by atoms with Gasteiger partial charge in [0, 0.05) is 26.5 Å². The zero-order valence-corrected chi connectivity index (χ0v) is 10.2. The molecule has 16 heavy (non-hydrogen) atoms. The maximum absolute atomic E-state index is 11.9. The van der Waals surface area contributed by atoms with Gasteiger partial charge in [0.2, 0.25) is 11.8 Å². The average molecular weight is 228 g/mol. The van der Waals surface area contributed by atoms with Gasteiger partial charge in [0.25, 0.3) is 0 Å². The fourth-order valence-corrected chi connectivity index (χ4v) is 2.04. The SMILES string of the molecule is COCC(CN)N1C(=O)CC(C)(C)CC1=O. The third-order valence-electron chi connectivity index (χ3n) is 2.79. The minimum Gasteiger partial charge on any atom is -0.382 e. The maximum Gasteiger partial charge on any atom is 0.230 e. The van der Waals surface area contributed by atoms with Crippen molar-refractivity contribution in [2.24, 2.45) is 11.1 Å². The van der Waals surface area contributed by atoms with Crippen molar-refractivity contribution in [2.45, 2.75) is 32.7 Å². The number of carbonyl (C=O) groups is 2. The van der Waals surface area contributed by atoms with Crippen LogP contribution < -0.4 is 5.73 Å². The molecule has 1 heterocycles. The number of nitrogens with two attached hydrogens (primary N) is 1. The van der Waals surface area contributed by atoms with E-state index < -0.39 is 0 Å². The van der Waals surface area contributed by atoms with Crippen molar-refractivity contribution in [3.8, 4) is 0 Å². The second-order valence-corrected chi connectivity index (χ2v) is 5.02. The number of nitrogens with zero attached hydrogens (tertiary/aromatic N) is 1. The zero-order valence-electron chi connectivity index (χ0n) is 10.2. The number of carbonyl (C=O) groups excluding carboxylic acids is 2. The number of imide groups is 1. The van der Waals surface area contributed by atoms with E-state index in [4.69, 9.17) is 10.5 Å². The predicted octanol–water partition coefficient (Wildman–Crippen LogP) is 0.135. The lowest BCUT2D eigenvalue weighted by Gasteiger charge is -2.38. The third-order valence-corrected chi connectivity index (χ3v) is 2.79. The molecule has 5 nitrogen and oxygen atoms in total. The highest BCUT2D eigenvalue weighted by molar-refractivity contribution is 5.98. The van der Waals surface area contributed by atoms with E-state index in [1.165, 1.54) is 12.0 Å². The number of amides is 2. The first-order valence-electron chi connectivity index (χ1n) is 5.45. The van der Waals surface area contributed by atoms with Gasteiger partial charge in [-0.05, 0) is 5.41 Å². The minimum absolute atomic E-state index is 0.145. The summed E-state index contributed by atoms with van der Waals surface area (Å²) < 4.78 is 4.97. The van der Waals surface area contributed by atoms with Crippen LogP contribution in [-0.4, -0.2) is 43.0 Å². The second kappa shape index (κ2) is 4.93. The van der Waals surface area contributed by atoms with Crippen molar-refractivity contribution in [1.29, 1.82) is 0 Å². The largest absolute Gasteiger partial charge is 0.382 e. The third kappa shape index (κ3) is 2.80. The Hall–Kier alpha value is -0.940. The van der Waals surface area contributed by atoms with Crippen LogP contribution in [-0.2, 0) is 14.3 Å². The molecule has 0 aromatic rings. The van der Waals surface area contributed by atoms with E-state index in [1.54, 1.807) is 0 Å². The lowest BCUT2D eigenvalue weighted by atomic mass is 9.81. The summed E-state index contributed by atoms with van der Waals surface area (Å²) in [6.45, 7) is 4.39. The number of rotatable bonds is 4.